The molecule has 0 fully saturated rings. The van der Waals surface area contributed by atoms with Crippen LogP contribution in [0.1, 0.15) is 20.1 Å². The second-order valence-electron chi connectivity index (χ2n) is 3.18. The number of hydrogen-bond acceptors (Lipinski definition) is 6. The smallest absolute Gasteiger partial charge is 0.264 e. The molecule has 92 valence electrons. The highest BCUT2D eigenvalue weighted by atomic mass is 32.1. The Labute approximate surface area is 112 Å². The van der Waals surface area contributed by atoms with Gasteiger partial charge in [-0.3, -0.25) is 4.79 Å². The van der Waals surface area contributed by atoms with E-state index in [0.29, 0.717) is 11.4 Å². The second-order valence-corrected chi connectivity index (χ2v) is 4.97. The average Bonchev–Trinajstić information content (AvgIpc) is 3.04. The van der Waals surface area contributed by atoms with Gasteiger partial charge in [0.05, 0.1) is 12.7 Å². The lowest BCUT2D eigenvalue weighted by Crippen LogP contribution is -2.21. The number of thiophene rings is 1. The Kier molecular flexibility index (Phi) is 4.41. The van der Waals surface area contributed by atoms with Crippen LogP contribution in [0.3, 0.4) is 0 Å². The van der Waals surface area contributed by atoms with Crippen LogP contribution in [0.2, 0.25) is 0 Å². The maximum Gasteiger partial charge on any atom is 0.264 e. The molecule has 0 radical (unpaired) electrons. The molecule has 7 heteroatoms. The number of carbonyl (C=O) groups excluding carboxylic acids is 1. The topological polar surface area (TPSA) is 75.1 Å². The molecule has 0 aromatic carbocycles. The van der Waals surface area contributed by atoms with Gasteiger partial charge in [-0.15, -0.1) is 16.4 Å². The summed E-state index contributed by atoms with van der Waals surface area (Å²) < 4.78 is 3.63. The number of nitrogens with zero attached hydrogens (tertiary/aromatic N) is 2. The molecule has 0 aliphatic heterocycles. The summed E-state index contributed by atoms with van der Waals surface area (Å²) in [6, 6.07) is 1.86. The van der Waals surface area contributed by atoms with Gasteiger partial charge in [-0.05, 0) is 23.0 Å². The third-order valence-corrected chi connectivity index (χ3v) is 3.63. The van der Waals surface area contributed by atoms with E-state index in [2.05, 4.69) is 26.7 Å². The zero-order chi connectivity index (χ0) is 12.8. The third kappa shape index (κ3) is 3.13. The summed E-state index contributed by atoms with van der Waals surface area (Å²) in [7, 11) is 0. The molecule has 2 aromatic heterocycles. The van der Waals surface area contributed by atoms with Crippen molar-refractivity contribution in [1.82, 2.24) is 14.9 Å². The van der Waals surface area contributed by atoms with E-state index in [1.165, 1.54) is 17.5 Å². The van der Waals surface area contributed by atoms with Gasteiger partial charge in [0.1, 0.15) is 11.5 Å². The minimum Gasteiger partial charge on any atom is -0.384 e. The first-order valence-electron chi connectivity index (χ1n) is 5.03. The van der Waals surface area contributed by atoms with Crippen LogP contribution in [0.25, 0.3) is 0 Å². The maximum atomic E-state index is 11.7. The van der Waals surface area contributed by atoms with Gasteiger partial charge < -0.3 is 10.4 Å². The van der Waals surface area contributed by atoms with Crippen molar-refractivity contribution in [2.75, 3.05) is 6.61 Å². The summed E-state index contributed by atoms with van der Waals surface area (Å²) in [6.45, 7) is 0.234. The summed E-state index contributed by atoms with van der Waals surface area (Å²) in [5.41, 5.74) is 0.830. The van der Waals surface area contributed by atoms with E-state index in [1.807, 2.05) is 11.4 Å². The van der Waals surface area contributed by atoms with Crippen molar-refractivity contribution >= 4 is 28.8 Å². The van der Waals surface area contributed by atoms with E-state index in [-0.39, 0.29) is 12.5 Å². The molecule has 0 aliphatic rings. The van der Waals surface area contributed by atoms with E-state index in [4.69, 9.17) is 5.11 Å². The van der Waals surface area contributed by atoms with Gasteiger partial charge in [0.15, 0.2) is 0 Å². The van der Waals surface area contributed by atoms with Crippen molar-refractivity contribution in [2.24, 2.45) is 0 Å². The van der Waals surface area contributed by atoms with Gasteiger partial charge in [0, 0.05) is 10.4 Å². The fourth-order valence-electron chi connectivity index (χ4n) is 1.24. The molecule has 2 aromatic rings. The van der Waals surface area contributed by atoms with Gasteiger partial charge in [-0.2, -0.15) is 0 Å². The van der Waals surface area contributed by atoms with Crippen LogP contribution in [-0.2, 0) is 6.54 Å². The molecule has 18 heavy (non-hydrogen) atoms. The Balaban J connectivity index is 1.98. The number of aromatic nitrogens is 2. The number of aliphatic hydroxyl groups is 1. The Hall–Kier alpha value is -1.75. The summed E-state index contributed by atoms with van der Waals surface area (Å²) in [5, 5.41) is 16.9. The fraction of sp³-hybridized carbons (Fsp3) is 0.182. The quantitative estimate of drug-likeness (QED) is 0.818. The van der Waals surface area contributed by atoms with Crippen molar-refractivity contribution in [1.29, 1.82) is 0 Å². The van der Waals surface area contributed by atoms with Crippen LogP contribution in [0.15, 0.2) is 17.6 Å². The van der Waals surface area contributed by atoms with Crippen molar-refractivity contribution in [3.63, 3.8) is 0 Å². The highest BCUT2D eigenvalue weighted by Gasteiger charge is 2.09. The number of hydrogen-bond donors (Lipinski definition) is 2. The molecular weight excluding hydrogens is 270 g/mol. The SMILES string of the molecule is O=C(NCc1sccc1C#CCO)c1cnns1. The predicted octanol–water partition coefficient (Wildman–Crippen LogP) is 0.873. The van der Waals surface area contributed by atoms with Crippen LogP contribution in [0.4, 0.5) is 0 Å². The van der Waals surface area contributed by atoms with Crippen molar-refractivity contribution in [3.8, 4) is 11.8 Å². The molecule has 5 nitrogen and oxygen atoms in total. The molecule has 0 atom stereocenters. The molecule has 0 saturated carbocycles. The monoisotopic (exact) mass is 279 g/mol. The Morgan fingerprint density at radius 1 is 1.56 bits per heavy atom. The lowest BCUT2D eigenvalue weighted by molar-refractivity contribution is 0.0955. The van der Waals surface area contributed by atoms with Crippen LogP contribution in [0.5, 0.6) is 0 Å². The van der Waals surface area contributed by atoms with E-state index in [1.54, 1.807) is 0 Å². The van der Waals surface area contributed by atoms with E-state index < -0.39 is 0 Å². The Morgan fingerprint density at radius 3 is 3.17 bits per heavy atom. The molecule has 0 spiro atoms. The molecular formula is C11H9N3O2S2. The summed E-state index contributed by atoms with van der Waals surface area (Å²) in [5.74, 6) is 5.23. The summed E-state index contributed by atoms with van der Waals surface area (Å²) >= 11 is 2.57. The van der Waals surface area contributed by atoms with Gasteiger partial charge in [-0.1, -0.05) is 16.3 Å². The second kappa shape index (κ2) is 6.26. The molecule has 0 unspecified atom stereocenters. The van der Waals surface area contributed by atoms with Gasteiger partial charge in [0.25, 0.3) is 5.91 Å². The van der Waals surface area contributed by atoms with Crippen LogP contribution < -0.4 is 5.32 Å². The number of nitrogens with one attached hydrogen (secondary N) is 1. The van der Waals surface area contributed by atoms with Crippen molar-refractivity contribution in [3.05, 3.63) is 33.0 Å². The van der Waals surface area contributed by atoms with Crippen molar-refractivity contribution in [2.45, 2.75) is 6.54 Å². The highest BCUT2D eigenvalue weighted by molar-refractivity contribution is 7.10. The average molecular weight is 279 g/mol. The lowest BCUT2D eigenvalue weighted by atomic mass is 10.2. The van der Waals surface area contributed by atoms with Crippen LogP contribution in [0, 0.1) is 11.8 Å². The van der Waals surface area contributed by atoms with E-state index >= 15 is 0 Å². The zero-order valence-electron chi connectivity index (χ0n) is 9.21. The normalized spacial score (nSPS) is 9.61. The molecule has 2 heterocycles. The largest absolute Gasteiger partial charge is 0.384 e. The minimum absolute atomic E-state index is 0.172. The first-order chi connectivity index (χ1) is 8.81. The van der Waals surface area contributed by atoms with Crippen molar-refractivity contribution < 1.29 is 9.90 Å². The minimum atomic E-state index is -0.195. The predicted molar refractivity (Wildman–Crippen MR) is 69.4 cm³/mol. The van der Waals surface area contributed by atoms with Gasteiger partial charge in [0.2, 0.25) is 0 Å². The lowest BCUT2D eigenvalue weighted by Gasteiger charge is -2.01. The molecule has 2 rings (SSSR count). The third-order valence-electron chi connectivity index (χ3n) is 2.04. The number of rotatable bonds is 3. The van der Waals surface area contributed by atoms with Crippen LogP contribution in [-0.4, -0.2) is 27.2 Å². The maximum absolute atomic E-state index is 11.7. The van der Waals surface area contributed by atoms with E-state index in [9.17, 15) is 4.79 Å². The fourth-order valence-corrected chi connectivity index (χ4v) is 2.44. The van der Waals surface area contributed by atoms with E-state index in [0.717, 1.165) is 22.0 Å². The first-order valence-corrected chi connectivity index (χ1v) is 6.68. The first kappa shape index (κ1) is 12.7. The summed E-state index contributed by atoms with van der Waals surface area (Å²) in [4.78, 5) is 13.1. The number of amides is 1. The molecule has 0 aliphatic carbocycles. The van der Waals surface area contributed by atoms with Gasteiger partial charge >= 0.3 is 0 Å². The molecule has 2 N–H and O–H groups in total. The molecule has 1 amide bonds. The number of carbonyl (C=O) groups is 1. The highest BCUT2D eigenvalue weighted by Crippen LogP contribution is 2.15. The van der Waals surface area contributed by atoms with Gasteiger partial charge in [-0.25, -0.2) is 0 Å². The van der Waals surface area contributed by atoms with Crippen LogP contribution >= 0.6 is 22.9 Å². The standard InChI is InChI=1S/C11H9N3O2S2/c15-4-1-2-8-3-5-17-9(8)6-12-11(16)10-7-13-14-18-10/h3,5,7,15H,4,6H2,(H,12,16). The molecule has 0 saturated heterocycles. The molecule has 0 bridgehead atoms. The summed E-state index contributed by atoms with van der Waals surface area (Å²) in [6.07, 6.45) is 1.43. The zero-order valence-corrected chi connectivity index (χ0v) is 10.8. The Morgan fingerprint density at radius 2 is 2.44 bits per heavy atom. The Bertz CT molecular complexity index is 581. The number of aliphatic hydroxyl groups excluding tert-OH is 1.